The highest BCUT2D eigenvalue weighted by atomic mass is 79.9. The molecule has 0 fully saturated rings. The molecule has 0 saturated heterocycles. The fourth-order valence-electron chi connectivity index (χ4n) is 1.90. The van der Waals surface area contributed by atoms with E-state index in [1.54, 1.807) is 6.20 Å². The van der Waals surface area contributed by atoms with Crippen LogP contribution in [0.1, 0.15) is 12.8 Å². The molecule has 1 amide bonds. The second-order valence-corrected chi connectivity index (χ2v) is 5.66. The number of rotatable bonds is 8. The van der Waals surface area contributed by atoms with Crippen LogP contribution in [0.25, 0.3) is 0 Å². The Hall–Kier alpha value is -1.66. The Morgan fingerprint density at radius 3 is 2.76 bits per heavy atom. The third-order valence-electron chi connectivity index (χ3n) is 2.99. The first kappa shape index (κ1) is 15.7. The van der Waals surface area contributed by atoms with Crippen LogP contribution in [0.4, 0.5) is 5.69 Å². The summed E-state index contributed by atoms with van der Waals surface area (Å²) in [5, 5.41) is 6.00. The van der Waals surface area contributed by atoms with Crippen LogP contribution < -0.4 is 10.6 Å². The number of amides is 1. The zero-order valence-corrected chi connectivity index (χ0v) is 13.3. The smallest absolute Gasteiger partial charge is 0.238 e. The molecule has 112 valence electrons. The van der Waals surface area contributed by atoms with Crippen molar-refractivity contribution in [2.75, 3.05) is 18.4 Å². The fourth-order valence-corrected chi connectivity index (χ4v) is 2.17. The van der Waals surface area contributed by atoms with Gasteiger partial charge in [-0.2, -0.15) is 0 Å². The zero-order valence-electron chi connectivity index (χ0n) is 11.8. The number of halogens is 1. The number of aromatic nitrogens is 2. The van der Waals surface area contributed by atoms with E-state index in [-0.39, 0.29) is 5.91 Å². The summed E-state index contributed by atoms with van der Waals surface area (Å²) in [7, 11) is 0. The predicted molar refractivity (Wildman–Crippen MR) is 87.1 cm³/mol. The minimum absolute atomic E-state index is 0.0214. The lowest BCUT2D eigenvalue weighted by molar-refractivity contribution is -0.115. The molecule has 1 aromatic carbocycles. The van der Waals surface area contributed by atoms with Crippen molar-refractivity contribution in [2.45, 2.75) is 19.4 Å². The Morgan fingerprint density at radius 1 is 1.24 bits per heavy atom. The predicted octanol–water partition coefficient (Wildman–Crippen LogP) is 2.65. The average Bonchev–Trinajstić information content (AvgIpc) is 2.98. The van der Waals surface area contributed by atoms with Crippen molar-refractivity contribution in [3.8, 4) is 0 Å². The number of benzene rings is 1. The van der Waals surface area contributed by atoms with Gasteiger partial charge in [0.05, 0.1) is 12.9 Å². The van der Waals surface area contributed by atoms with Gasteiger partial charge in [-0.1, -0.05) is 15.9 Å². The van der Waals surface area contributed by atoms with Crippen LogP contribution in [0.3, 0.4) is 0 Å². The van der Waals surface area contributed by atoms with Gasteiger partial charge in [0, 0.05) is 29.1 Å². The van der Waals surface area contributed by atoms with E-state index in [2.05, 4.69) is 36.1 Å². The normalized spacial score (nSPS) is 10.5. The minimum Gasteiger partial charge on any atom is -0.337 e. The third kappa shape index (κ3) is 6.10. The van der Waals surface area contributed by atoms with Crippen LogP contribution in [0.5, 0.6) is 0 Å². The molecule has 1 heterocycles. The van der Waals surface area contributed by atoms with Crippen molar-refractivity contribution in [3.63, 3.8) is 0 Å². The van der Waals surface area contributed by atoms with Crippen molar-refractivity contribution < 1.29 is 4.79 Å². The van der Waals surface area contributed by atoms with E-state index >= 15 is 0 Å². The number of hydrogen-bond acceptors (Lipinski definition) is 3. The number of anilines is 1. The van der Waals surface area contributed by atoms with E-state index < -0.39 is 0 Å². The molecule has 0 spiro atoms. The first-order valence-electron chi connectivity index (χ1n) is 6.96. The molecule has 5 nitrogen and oxygen atoms in total. The third-order valence-corrected chi connectivity index (χ3v) is 3.52. The van der Waals surface area contributed by atoms with E-state index in [9.17, 15) is 4.79 Å². The molecule has 21 heavy (non-hydrogen) atoms. The summed E-state index contributed by atoms with van der Waals surface area (Å²) in [6.45, 7) is 2.14. The Bertz CT molecular complexity index is 539. The van der Waals surface area contributed by atoms with Crippen LogP contribution in [0.15, 0.2) is 47.5 Å². The first-order chi connectivity index (χ1) is 10.2. The van der Waals surface area contributed by atoms with Gasteiger partial charge in [-0.3, -0.25) is 4.79 Å². The zero-order chi connectivity index (χ0) is 14.9. The molecule has 6 heteroatoms. The molecule has 0 aliphatic carbocycles. The maximum Gasteiger partial charge on any atom is 0.238 e. The number of carbonyl (C=O) groups is 1. The molecule has 2 N–H and O–H groups in total. The number of carbonyl (C=O) groups excluding carboxylic acids is 1. The molecule has 0 bridgehead atoms. The van der Waals surface area contributed by atoms with Crippen molar-refractivity contribution in [2.24, 2.45) is 0 Å². The molecule has 0 aliphatic rings. The highest BCUT2D eigenvalue weighted by molar-refractivity contribution is 9.10. The van der Waals surface area contributed by atoms with Gasteiger partial charge in [0.1, 0.15) is 0 Å². The van der Waals surface area contributed by atoms with E-state index in [1.807, 2.05) is 36.8 Å². The first-order valence-corrected chi connectivity index (χ1v) is 7.75. The Balaban J connectivity index is 1.54. The number of hydrogen-bond donors (Lipinski definition) is 2. The monoisotopic (exact) mass is 350 g/mol. The van der Waals surface area contributed by atoms with E-state index in [0.29, 0.717) is 6.54 Å². The van der Waals surface area contributed by atoms with Gasteiger partial charge in [-0.15, -0.1) is 0 Å². The lowest BCUT2D eigenvalue weighted by atomic mass is 10.3. The lowest BCUT2D eigenvalue weighted by Crippen LogP contribution is -2.28. The molecule has 0 aliphatic heterocycles. The maximum atomic E-state index is 11.7. The lowest BCUT2D eigenvalue weighted by Gasteiger charge is -2.07. The second kappa shape index (κ2) is 8.59. The summed E-state index contributed by atoms with van der Waals surface area (Å²) in [6, 6.07) is 7.54. The van der Waals surface area contributed by atoms with Gasteiger partial charge in [-0.05, 0) is 43.7 Å². The Morgan fingerprint density at radius 2 is 2.05 bits per heavy atom. The molecule has 0 radical (unpaired) electrons. The summed E-state index contributed by atoms with van der Waals surface area (Å²) in [5.41, 5.74) is 0.810. The molecule has 2 aromatic rings. The van der Waals surface area contributed by atoms with Crippen LogP contribution >= 0.6 is 15.9 Å². The molecule has 2 rings (SSSR count). The van der Waals surface area contributed by atoms with Crippen molar-refractivity contribution in [3.05, 3.63) is 47.5 Å². The number of aryl methyl sites for hydroxylation is 1. The highest BCUT2D eigenvalue weighted by Gasteiger charge is 2.01. The molecule has 0 atom stereocenters. The van der Waals surface area contributed by atoms with E-state index in [4.69, 9.17) is 0 Å². The van der Waals surface area contributed by atoms with Crippen LogP contribution in [-0.2, 0) is 11.3 Å². The molecular formula is C15H19BrN4O. The number of nitrogens with one attached hydrogen (secondary N) is 2. The van der Waals surface area contributed by atoms with Crippen LogP contribution in [0.2, 0.25) is 0 Å². The molecule has 1 aromatic heterocycles. The van der Waals surface area contributed by atoms with Crippen LogP contribution in [0, 0.1) is 0 Å². The van der Waals surface area contributed by atoms with Crippen molar-refractivity contribution in [1.29, 1.82) is 0 Å². The topological polar surface area (TPSA) is 59.0 Å². The van der Waals surface area contributed by atoms with Crippen LogP contribution in [-0.4, -0.2) is 28.5 Å². The van der Waals surface area contributed by atoms with Gasteiger partial charge in [0.15, 0.2) is 0 Å². The van der Waals surface area contributed by atoms with Gasteiger partial charge in [0.2, 0.25) is 5.91 Å². The molecule has 0 saturated carbocycles. The fraction of sp³-hybridized carbons (Fsp3) is 0.333. The molecular weight excluding hydrogens is 332 g/mol. The second-order valence-electron chi connectivity index (χ2n) is 4.74. The largest absolute Gasteiger partial charge is 0.337 e. The highest BCUT2D eigenvalue weighted by Crippen LogP contribution is 2.13. The number of imidazole rings is 1. The standard InChI is InChI=1S/C15H19BrN4O/c16-13-3-5-14(6-4-13)19-15(21)11-17-7-1-2-9-20-10-8-18-12-20/h3-6,8,10,12,17H,1-2,7,9,11H2,(H,19,21). The quantitative estimate of drug-likeness (QED) is 0.719. The van der Waals surface area contributed by atoms with Crippen molar-refractivity contribution in [1.82, 2.24) is 14.9 Å². The van der Waals surface area contributed by atoms with E-state index in [1.165, 1.54) is 0 Å². The minimum atomic E-state index is -0.0214. The van der Waals surface area contributed by atoms with Gasteiger partial charge < -0.3 is 15.2 Å². The van der Waals surface area contributed by atoms with Gasteiger partial charge in [0.25, 0.3) is 0 Å². The summed E-state index contributed by atoms with van der Waals surface area (Å²) in [5.74, 6) is -0.0214. The SMILES string of the molecule is O=C(CNCCCCn1ccnc1)Nc1ccc(Br)cc1. The summed E-state index contributed by atoms with van der Waals surface area (Å²) in [6.07, 6.45) is 7.66. The number of unbranched alkanes of at least 4 members (excludes halogenated alkanes) is 1. The molecule has 0 unspecified atom stereocenters. The van der Waals surface area contributed by atoms with Crippen molar-refractivity contribution >= 4 is 27.5 Å². The van der Waals surface area contributed by atoms with E-state index in [0.717, 1.165) is 36.1 Å². The Labute approximate surface area is 132 Å². The maximum absolute atomic E-state index is 11.7. The summed E-state index contributed by atoms with van der Waals surface area (Å²) >= 11 is 3.36. The van der Waals surface area contributed by atoms with Gasteiger partial charge >= 0.3 is 0 Å². The van der Waals surface area contributed by atoms with Gasteiger partial charge in [-0.25, -0.2) is 4.98 Å². The average molecular weight is 351 g/mol. The summed E-state index contributed by atoms with van der Waals surface area (Å²) < 4.78 is 3.05. The Kier molecular flexibility index (Phi) is 6.43. The summed E-state index contributed by atoms with van der Waals surface area (Å²) in [4.78, 5) is 15.7. The number of nitrogens with zero attached hydrogens (tertiary/aromatic N) is 2.